The highest BCUT2D eigenvalue weighted by Crippen LogP contribution is 2.23. The molecule has 1 aliphatic rings. The summed E-state index contributed by atoms with van der Waals surface area (Å²) in [5.74, 6) is -1.16. The van der Waals surface area contributed by atoms with E-state index < -0.39 is 11.8 Å². The second kappa shape index (κ2) is 5.56. The van der Waals surface area contributed by atoms with E-state index in [4.69, 9.17) is 10.5 Å². The summed E-state index contributed by atoms with van der Waals surface area (Å²) >= 11 is 0. The monoisotopic (exact) mass is 285 g/mol. The first-order valence-electron chi connectivity index (χ1n) is 6.96. The molecule has 0 fully saturated rings. The maximum absolute atomic E-state index is 13.3. The van der Waals surface area contributed by atoms with Crippen LogP contribution in [0.15, 0.2) is 36.4 Å². The van der Waals surface area contributed by atoms with Gasteiger partial charge in [-0.1, -0.05) is 18.2 Å². The predicted octanol–water partition coefficient (Wildman–Crippen LogP) is 3.25. The molecule has 0 unspecified atom stereocenters. The first-order valence-corrected chi connectivity index (χ1v) is 6.96. The van der Waals surface area contributed by atoms with E-state index in [1.807, 2.05) is 6.07 Å². The second-order valence-corrected chi connectivity index (χ2v) is 5.27. The standard InChI is InChI=1S/C17H16FNO2/c18-15-9-14(6-7-16(15)19)17(20)21-10-11-4-5-12-2-1-3-13(12)8-11/h4-9H,1-3,10,19H2. The van der Waals surface area contributed by atoms with E-state index in [1.165, 1.54) is 29.7 Å². The maximum Gasteiger partial charge on any atom is 0.338 e. The van der Waals surface area contributed by atoms with Crippen molar-refractivity contribution in [3.63, 3.8) is 0 Å². The zero-order chi connectivity index (χ0) is 14.8. The van der Waals surface area contributed by atoms with Gasteiger partial charge >= 0.3 is 5.97 Å². The molecule has 0 atom stereocenters. The number of carbonyl (C=O) groups excluding carboxylic acids is 1. The van der Waals surface area contributed by atoms with E-state index in [2.05, 4.69) is 12.1 Å². The van der Waals surface area contributed by atoms with Crippen LogP contribution in [0, 0.1) is 5.82 Å². The number of nitrogen functional groups attached to an aromatic ring is 1. The first kappa shape index (κ1) is 13.6. The lowest BCUT2D eigenvalue weighted by atomic mass is 10.1. The van der Waals surface area contributed by atoms with Crippen molar-refractivity contribution < 1.29 is 13.9 Å². The van der Waals surface area contributed by atoms with Crippen molar-refractivity contribution >= 4 is 11.7 Å². The van der Waals surface area contributed by atoms with Crippen LogP contribution in [0.2, 0.25) is 0 Å². The van der Waals surface area contributed by atoms with Crippen molar-refractivity contribution in [2.24, 2.45) is 0 Å². The zero-order valence-corrected chi connectivity index (χ0v) is 11.6. The van der Waals surface area contributed by atoms with Crippen molar-refractivity contribution in [2.75, 3.05) is 5.73 Å². The molecule has 0 radical (unpaired) electrons. The average Bonchev–Trinajstić information content (AvgIpc) is 2.95. The summed E-state index contributed by atoms with van der Waals surface area (Å²) in [4.78, 5) is 11.9. The molecule has 21 heavy (non-hydrogen) atoms. The number of nitrogens with two attached hydrogens (primary N) is 1. The maximum atomic E-state index is 13.3. The van der Waals surface area contributed by atoms with Gasteiger partial charge in [0.1, 0.15) is 12.4 Å². The van der Waals surface area contributed by atoms with Crippen LogP contribution in [0.3, 0.4) is 0 Å². The van der Waals surface area contributed by atoms with Crippen molar-refractivity contribution in [3.8, 4) is 0 Å². The Labute approximate surface area is 122 Å². The number of benzene rings is 2. The Hall–Kier alpha value is -2.36. The minimum atomic E-state index is -0.609. The number of ether oxygens (including phenoxy) is 1. The number of hydrogen-bond acceptors (Lipinski definition) is 3. The molecule has 2 aromatic carbocycles. The van der Waals surface area contributed by atoms with Gasteiger partial charge < -0.3 is 10.5 Å². The van der Waals surface area contributed by atoms with Crippen LogP contribution >= 0.6 is 0 Å². The Morgan fingerprint density at radius 2 is 1.95 bits per heavy atom. The van der Waals surface area contributed by atoms with Gasteiger partial charge in [-0.05, 0) is 54.2 Å². The number of hydrogen-bond donors (Lipinski definition) is 1. The third kappa shape index (κ3) is 2.89. The fourth-order valence-electron chi connectivity index (χ4n) is 2.60. The Morgan fingerprint density at radius 1 is 1.14 bits per heavy atom. The highest BCUT2D eigenvalue weighted by atomic mass is 19.1. The molecule has 4 heteroatoms. The van der Waals surface area contributed by atoms with Crippen LogP contribution in [0.4, 0.5) is 10.1 Å². The first-order chi connectivity index (χ1) is 10.1. The Bertz CT molecular complexity index is 697. The van der Waals surface area contributed by atoms with Crippen LogP contribution < -0.4 is 5.73 Å². The number of anilines is 1. The molecule has 2 aromatic rings. The predicted molar refractivity (Wildman–Crippen MR) is 78.4 cm³/mol. The highest BCUT2D eigenvalue weighted by Gasteiger charge is 2.13. The van der Waals surface area contributed by atoms with E-state index >= 15 is 0 Å². The number of rotatable bonds is 3. The normalized spacial score (nSPS) is 13.0. The lowest BCUT2D eigenvalue weighted by Gasteiger charge is -2.07. The van der Waals surface area contributed by atoms with Gasteiger partial charge in [-0.15, -0.1) is 0 Å². The van der Waals surface area contributed by atoms with Gasteiger partial charge in [0.2, 0.25) is 0 Å². The number of aryl methyl sites for hydroxylation is 2. The molecular formula is C17H16FNO2. The van der Waals surface area contributed by atoms with Crippen molar-refractivity contribution in [3.05, 3.63) is 64.5 Å². The molecular weight excluding hydrogens is 269 g/mol. The average molecular weight is 285 g/mol. The largest absolute Gasteiger partial charge is 0.457 e. The van der Waals surface area contributed by atoms with Gasteiger partial charge in [0.05, 0.1) is 11.3 Å². The Kier molecular flexibility index (Phi) is 3.60. The molecule has 0 bridgehead atoms. The van der Waals surface area contributed by atoms with Gasteiger partial charge in [-0.25, -0.2) is 9.18 Å². The molecule has 0 amide bonds. The number of halogens is 1. The van der Waals surface area contributed by atoms with Gasteiger partial charge in [-0.2, -0.15) is 0 Å². The summed E-state index contributed by atoms with van der Waals surface area (Å²) in [5, 5.41) is 0. The van der Waals surface area contributed by atoms with Gasteiger partial charge in [0.25, 0.3) is 0 Å². The second-order valence-electron chi connectivity index (χ2n) is 5.27. The minimum absolute atomic E-state index is 0.0187. The van der Waals surface area contributed by atoms with E-state index in [-0.39, 0.29) is 17.9 Å². The molecule has 2 N–H and O–H groups in total. The highest BCUT2D eigenvalue weighted by molar-refractivity contribution is 5.89. The van der Waals surface area contributed by atoms with E-state index in [0.29, 0.717) is 0 Å². The fourth-order valence-corrected chi connectivity index (χ4v) is 2.60. The smallest absolute Gasteiger partial charge is 0.338 e. The molecule has 0 spiro atoms. The van der Waals surface area contributed by atoms with E-state index in [1.54, 1.807) is 0 Å². The van der Waals surface area contributed by atoms with Crippen molar-refractivity contribution in [1.29, 1.82) is 0 Å². The fraction of sp³-hybridized carbons (Fsp3) is 0.235. The third-order valence-electron chi connectivity index (χ3n) is 3.77. The topological polar surface area (TPSA) is 52.3 Å². The molecule has 0 saturated heterocycles. The summed E-state index contributed by atoms with van der Waals surface area (Å²) < 4.78 is 18.5. The minimum Gasteiger partial charge on any atom is -0.457 e. The van der Waals surface area contributed by atoms with Crippen LogP contribution in [0.1, 0.15) is 33.5 Å². The Balaban J connectivity index is 1.67. The molecule has 0 aromatic heterocycles. The summed E-state index contributed by atoms with van der Waals surface area (Å²) in [7, 11) is 0. The third-order valence-corrected chi connectivity index (χ3v) is 3.77. The van der Waals surface area contributed by atoms with E-state index in [0.717, 1.165) is 24.5 Å². The zero-order valence-electron chi connectivity index (χ0n) is 11.6. The SMILES string of the molecule is Nc1ccc(C(=O)OCc2ccc3c(c2)CCC3)cc1F. The molecule has 1 aliphatic carbocycles. The molecule has 0 saturated carbocycles. The van der Waals surface area contributed by atoms with Crippen LogP contribution in [0.25, 0.3) is 0 Å². The molecule has 0 heterocycles. The summed E-state index contributed by atoms with van der Waals surface area (Å²) in [6.45, 7) is 0.193. The number of esters is 1. The van der Waals surface area contributed by atoms with E-state index in [9.17, 15) is 9.18 Å². The summed E-state index contributed by atoms with van der Waals surface area (Å²) in [6.07, 6.45) is 3.39. The van der Waals surface area contributed by atoms with Gasteiger partial charge in [0, 0.05) is 0 Å². The van der Waals surface area contributed by atoms with Crippen molar-refractivity contribution in [1.82, 2.24) is 0 Å². The van der Waals surface area contributed by atoms with Gasteiger partial charge in [-0.3, -0.25) is 0 Å². The van der Waals surface area contributed by atoms with Crippen LogP contribution in [0.5, 0.6) is 0 Å². The summed E-state index contributed by atoms with van der Waals surface area (Å²) in [6, 6.07) is 10.1. The molecule has 0 aliphatic heterocycles. The molecule has 108 valence electrons. The van der Waals surface area contributed by atoms with Gasteiger partial charge in [0.15, 0.2) is 0 Å². The quantitative estimate of drug-likeness (QED) is 0.695. The van der Waals surface area contributed by atoms with Crippen molar-refractivity contribution in [2.45, 2.75) is 25.9 Å². The number of carbonyl (C=O) groups is 1. The van der Waals surface area contributed by atoms with Crippen LogP contribution in [-0.2, 0) is 24.2 Å². The Morgan fingerprint density at radius 3 is 2.76 bits per heavy atom. The lowest BCUT2D eigenvalue weighted by Crippen LogP contribution is -2.06. The van der Waals surface area contributed by atoms with Crippen LogP contribution in [-0.4, -0.2) is 5.97 Å². The lowest BCUT2D eigenvalue weighted by molar-refractivity contribution is 0.0472. The molecule has 3 rings (SSSR count). The molecule has 3 nitrogen and oxygen atoms in total. The number of fused-ring (bicyclic) bond motifs is 1. The summed E-state index contributed by atoms with van der Waals surface area (Å²) in [5.41, 5.74) is 9.24.